The van der Waals surface area contributed by atoms with Gasteiger partial charge in [0.15, 0.2) is 6.10 Å². The smallest absolute Gasteiger partial charge is 0.306 e. The fraction of sp³-hybridized carbons (Fsp3) is 0.905. The lowest BCUT2D eigenvalue weighted by Gasteiger charge is -2.18. The minimum absolute atomic E-state index is 0.0693. The van der Waals surface area contributed by atoms with E-state index in [1.54, 1.807) is 0 Å². The molecule has 0 spiro atoms. The monoisotopic (exact) mass is 1130 g/mol. The van der Waals surface area contributed by atoms with Crippen LogP contribution in [0.3, 0.4) is 0 Å². The molecule has 0 aliphatic rings. The molecular formula is C74H140O6. The van der Waals surface area contributed by atoms with E-state index in [2.05, 4.69) is 45.1 Å². The number of carbonyl (C=O) groups is 3. The first kappa shape index (κ1) is 77.9. The second-order valence-electron chi connectivity index (χ2n) is 24.9. The Bertz CT molecular complexity index is 1290. The van der Waals surface area contributed by atoms with Crippen molar-refractivity contribution >= 4 is 17.9 Å². The van der Waals surface area contributed by atoms with Crippen LogP contribution in [0.25, 0.3) is 0 Å². The van der Waals surface area contributed by atoms with Gasteiger partial charge in [-0.25, -0.2) is 0 Å². The minimum atomic E-state index is -0.774. The molecule has 0 N–H and O–H groups in total. The summed E-state index contributed by atoms with van der Waals surface area (Å²) in [4.78, 5) is 38.4. The Morgan fingerprint density at radius 1 is 0.250 bits per heavy atom. The zero-order valence-corrected chi connectivity index (χ0v) is 54.4. The maximum absolute atomic E-state index is 12.9. The van der Waals surface area contributed by atoms with Crippen LogP contribution in [0.4, 0.5) is 0 Å². The van der Waals surface area contributed by atoms with Gasteiger partial charge in [0.1, 0.15) is 13.2 Å². The molecule has 0 bridgehead atoms. The van der Waals surface area contributed by atoms with Gasteiger partial charge < -0.3 is 14.2 Å². The molecule has 472 valence electrons. The molecule has 0 amide bonds. The van der Waals surface area contributed by atoms with Crippen LogP contribution in [-0.4, -0.2) is 37.2 Å². The highest BCUT2D eigenvalue weighted by Gasteiger charge is 2.19. The Balaban J connectivity index is 4.15. The Hall–Kier alpha value is -2.11. The van der Waals surface area contributed by atoms with E-state index in [4.69, 9.17) is 14.2 Å². The van der Waals surface area contributed by atoms with Gasteiger partial charge in [0.25, 0.3) is 0 Å². The summed E-state index contributed by atoms with van der Waals surface area (Å²) in [6, 6.07) is 0. The molecule has 80 heavy (non-hydrogen) atoms. The van der Waals surface area contributed by atoms with Crippen molar-refractivity contribution in [3.8, 4) is 0 Å². The third-order valence-electron chi connectivity index (χ3n) is 16.7. The van der Waals surface area contributed by atoms with E-state index in [9.17, 15) is 14.4 Å². The van der Waals surface area contributed by atoms with Crippen LogP contribution in [0.5, 0.6) is 0 Å². The third kappa shape index (κ3) is 66.7. The topological polar surface area (TPSA) is 78.9 Å². The Morgan fingerprint density at radius 3 is 0.738 bits per heavy atom. The number of hydrogen-bond donors (Lipinski definition) is 0. The lowest BCUT2D eigenvalue weighted by Crippen LogP contribution is -2.30. The Labute approximate surface area is 500 Å². The van der Waals surface area contributed by atoms with Crippen LogP contribution in [0.15, 0.2) is 24.3 Å². The van der Waals surface area contributed by atoms with Crippen LogP contribution in [-0.2, 0) is 28.6 Å². The molecule has 0 aromatic heterocycles. The zero-order chi connectivity index (χ0) is 57.8. The molecule has 0 saturated carbocycles. The molecular weight excluding hydrogens is 985 g/mol. The number of rotatable bonds is 68. The summed E-state index contributed by atoms with van der Waals surface area (Å²) in [5, 5.41) is 0. The summed E-state index contributed by atoms with van der Waals surface area (Å²) in [6.07, 6.45) is 85.1. The summed E-state index contributed by atoms with van der Waals surface area (Å²) in [7, 11) is 0. The lowest BCUT2D eigenvalue weighted by molar-refractivity contribution is -0.167. The highest BCUT2D eigenvalue weighted by atomic mass is 16.6. The molecule has 0 aromatic rings. The predicted molar refractivity (Wildman–Crippen MR) is 349 cm³/mol. The molecule has 1 unspecified atom stereocenters. The van der Waals surface area contributed by atoms with E-state index in [1.165, 1.54) is 289 Å². The zero-order valence-electron chi connectivity index (χ0n) is 54.4. The molecule has 6 heteroatoms. The number of allylic oxidation sites excluding steroid dienone is 4. The van der Waals surface area contributed by atoms with Gasteiger partial charge in [-0.1, -0.05) is 373 Å². The van der Waals surface area contributed by atoms with E-state index in [-0.39, 0.29) is 31.1 Å². The summed E-state index contributed by atoms with van der Waals surface area (Å²) in [5.41, 5.74) is 0. The quantitative estimate of drug-likeness (QED) is 0.0261. The van der Waals surface area contributed by atoms with Crippen LogP contribution < -0.4 is 0 Å². The van der Waals surface area contributed by atoms with Gasteiger partial charge >= 0.3 is 17.9 Å². The first-order chi connectivity index (χ1) is 39.5. The van der Waals surface area contributed by atoms with Gasteiger partial charge in [0, 0.05) is 19.3 Å². The average molecular weight is 1130 g/mol. The normalized spacial score (nSPS) is 12.1. The van der Waals surface area contributed by atoms with Gasteiger partial charge in [-0.15, -0.1) is 0 Å². The SMILES string of the molecule is CCC/C=C\C/C=C\CCCCCCCC(=O)OCC(COC(=O)CCCCCCCCCCCCCCCCCCCCCCCCCCCCCCC)OC(=O)CCCCCCCCCCCCCCCCCCCCCC. The molecule has 0 aliphatic heterocycles. The van der Waals surface area contributed by atoms with Crippen LogP contribution >= 0.6 is 0 Å². The number of unbranched alkanes of at least 4 members (excludes halogenated alkanes) is 53. The summed E-state index contributed by atoms with van der Waals surface area (Å²) in [5.74, 6) is -0.851. The molecule has 0 heterocycles. The predicted octanol–water partition coefficient (Wildman–Crippen LogP) is 25.0. The lowest BCUT2D eigenvalue weighted by atomic mass is 10.0. The van der Waals surface area contributed by atoms with Crippen molar-refractivity contribution in [2.45, 2.75) is 419 Å². The maximum Gasteiger partial charge on any atom is 0.306 e. The van der Waals surface area contributed by atoms with Gasteiger partial charge in [0.05, 0.1) is 0 Å². The Kier molecular flexibility index (Phi) is 67.6. The third-order valence-corrected chi connectivity index (χ3v) is 16.7. The molecule has 6 nitrogen and oxygen atoms in total. The van der Waals surface area contributed by atoms with Crippen molar-refractivity contribution in [3.63, 3.8) is 0 Å². The average Bonchev–Trinajstić information content (AvgIpc) is 3.46. The molecule has 0 saturated heterocycles. The van der Waals surface area contributed by atoms with Crippen molar-refractivity contribution in [3.05, 3.63) is 24.3 Å². The fourth-order valence-electron chi connectivity index (χ4n) is 11.3. The van der Waals surface area contributed by atoms with E-state index in [0.717, 1.165) is 83.5 Å². The maximum atomic E-state index is 12.9. The highest BCUT2D eigenvalue weighted by Crippen LogP contribution is 2.19. The van der Waals surface area contributed by atoms with Gasteiger partial charge in [-0.2, -0.15) is 0 Å². The largest absolute Gasteiger partial charge is 0.462 e. The molecule has 0 rings (SSSR count). The first-order valence-electron chi connectivity index (χ1n) is 36.3. The number of hydrogen-bond acceptors (Lipinski definition) is 6. The Morgan fingerprint density at radius 2 is 0.475 bits per heavy atom. The van der Waals surface area contributed by atoms with Gasteiger partial charge in [0.2, 0.25) is 0 Å². The van der Waals surface area contributed by atoms with E-state index >= 15 is 0 Å². The van der Waals surface area contributed by atoms with Crippen molar-refractivity contribution in [2.75, 3.05) is 13.2 Å². The standard InChI is InChI=1S/C74H140O6/c1-4-7-10-13-16-19-22-25-27-29-31-33-34-35-36-37-38-39-40-41-43-44-46-49-52-55-58-61-64-67-73(76)79-70-71(69-78-72(75)66-63-60-57-54-51-48-24-21-18-15-12-9-6-3)80-74(77)68-65-62-59-56-53-50-47-45-42-32-30-28-26-23-20-17-14-11-8-5-2/h12,15,21,24,71H,4-11,13-14,16-20,22-23,25-70H2,1-3H3/b15-12-,24-21-. The van der Waals surface area contributed by atoms with Crippen molar-refractivity contribution in [2.24, 2.45) is 0 Å². The summed E-state index contributed by atoms with van der Waals surface area (Å²) < 4.78 is 17.0. The van der Waals surface area contributed by atoms with Gasteiger partial charge in [-0.3, -0.25) is 14.4 Å². The molecule has 1 atom stereocenters. The van der Waals surface area contributed by atoms with Crippen molar-refractivity contribution in [1.29, 1.82) is 0 Å². The summed E-state index contributed by atoms with van der Waals surface area (Å²) in [6.45, 7) is 6.65. The number of ether oxygens (including phenoxy) is 3. The highest BCUT2D eigenvalue weighted by molar-refractivity contribution is 5.71. The van der Waals surface area contributed by atoms with E-state index in [0.29, 0.717) is 19.3 Å². The van der Waals surface area contributed by atoms with Gasteiger partial charge in [-0.05, 0) is 44.9 Å². The minimum Gasteiger partial charge on any atom is -0.462 e. The first-order valence-corrected chi connectivity index (χ1v) is 36.3. The molecule has 0 aliphatic carbocycles. The van der Waals surface area contributed by atoms with Crippen LogP contribution in [0, 0.1) is 0 Å². The van der Waals surface area contributed by atoms with Crippen LogP contribution in [0.2, 0.25) is 0 Å². The second-order valence-corrected chi connectivity index (χ2v) is 24.9. The summed E-state index contributed by atoms with van der Waals surface area (Å²) >= 11 is 0. The number of esters is 3. The van der Waals surface area contributed by atoms with Crippen LogP contribution in [0.1, 0.15) is 412 Å². The molecule has 0 radical (unpaired) electrons. The fourth-order valence-corrected chi connectivity index (χ4v) is 11.3. The van der Waals surface area contributed by atoms with E-state index in [1.807, 2.05) is 0 Å². The van der Waals surface area contributed by atoms with Crippen molar-refractivity contribution in [1.82, 2.24) is 0 Å². The second kappa shape index (κ2) is 69.4. The molecule has 0 fully saturated rings. The number of carbonyl (C=O) groups excluding carboxylic acids is 3. The van der Waals surface area contributed by atoms with Crippen molar-refractivity contribution < 1.29 is 28.6 Å². The molecule has 0 aromatic carbocycles. The van der Waals surface area contributed by atoms with E-state index < -0.39 is 6.10 Å².